The van der Waals surface area contributed by atoms with E-state index >= 15 is 0 Å². The first kappa shape index (κ1) is 21.7. The Morgan fingerprint density at radius 3 is 2.12 bits per heavy atom. The molecule has 1 aliphatic carbocycles. The van der Waals surface area contributed by atoms with Crippen LogP contribution in [0.15, 0.2) is 91.0 Å². The lowest BCUT2D eigenvalue weighted by Crippen LogP contribution is -2.39. The number of hydrogen-bond acceptors (Lipinski definition) is 3. The van der Waals surface area contributed by atoms with Gasteiger partial charge in [0.25, 0.3) is 0 Å². The molecule has 34 heavy (non-hydrogen) atoms. The number of aliphatic carboxylic acids is 1. The van der Waals surface area contributed by atoms with E-state index in [0.717, 1.165) is 38.6 Å². The van der Waals surface area contributed by atoms with E-state index in [1.165, 1.54) is 0 Å². The van der Waals surface area contributed by atoms with Crippen LogP contribution in [-0.2, 0) is 16.0 Å². The predicted octanol–water partition coefficient (Wildman–Crippen LogP) is 5.76. The molecule has 0 radical (unpaired) electrons. The minimum atomic E-state index is -0.968. The molecule has 4 aromatic rings. The van der Waals surface area contributed by atoms with Gasteiger partial charge in [-0.3, -0.25) is 4.79 Å². The maximum atomic E-state index is 12.7. The Labute approximate surface area is 198 Å². The molecule has 0 spiro atoms. The zero-order valence-corrected chi connectivity index (χ0v) is 18.6. The quantitative estimate of drug-likeness (QED) is 0.374. The summed E-state index contributed by atoms with van der Waals surface area (Å²) in [4.78, 5) is 24.1. The molecule has 1 atom stereocenters. The minimum Gasteiger partial charge on any atom is -0.481 e. The zero-order chi connectivity index (χ0) is 23.5. The SMILES string of the molecule is O=C(O)CC(Cc1ccc2ccccc2c1)NC(=O)OCC1c2ccccc2-c2ccccc21. The number of benzene rings is 4. The summed E-state index contributed by atoms with van der Waals surface area (Å²) < 4.78 is 5.62. The second-order valence-corrected chi connectivity index (χ2v) is 8.65. The molecule has 5 heteroatoms. The molecule has 2 N–H and O–H groups in total. The Morgan fingerprint density at radius 1 is 0.824 bits per heavy atom. The summed E-state index contributed by atoms with van der Waals surface area (Å²) in [5.41, 5.74) is 5.55. The van der Waals surface area contributed by atoms with Crippen molar-refractivity contribution in [2.45, 2.75) is 24.8 Å². The summed E-state index contributed by atoms with van der Waals surface area (Å²) >= 11 is 0. The molecule has 170 valence electrons. The minimum absolute atomic E-state index is 0.0449. The Kier molecular flexibility index (Phi) is 6.00. The third kappa shape index (κ3) is 4.50. The van der Waals surface area contributed by atoms with Crippen LogP contribution < -0.4 is 5.32 Å². The number of rotatable bonds is 7. The van der Waals surface area contributed by atoms with Gasteiger partial charge in [-0.05, 0) is 45.0 Å². The van der Waals surface area contributed by atoms with Crippen LogP contribution in [0.25, 0.3) is 21.9 Å². The topological polar surface area (TPSA) is 75.6 Å². The molecule has 1 amide bonds. The predicted molar refractivity (Wildman–Crippen MR) is 132 cm³/mol. The summed E-state index contributed by atoms with van der Waals surface area (Å²) in [6, 6.07) is 29.7. The van der Waals surface area contributed by atoms with Gasteiger partial charge < -0.3 is 15.2 Å². The summed E-state index contributed by atoms with van der Waals surface area (Å²) in [6.07, 6.45) is -0.382. The molecule has 1 unspecified atom stereocenters. The number of amides is 1. The standard InChI is InChI=1S/C29H25NO4/c31-28(32)17-22(16-19-13-14-20-7-1-2-8-21(20)15-19)30-29(33)34-18-27-25-11-5-3-9-23(25)24-10-4-6-12-26(24)27/h1-15,22,27H,16-18H2,(H,30,33)(H,31,32). The van der Waals surface area contributed by atoms with Crippen molar-refractivity contribution in [1.82, 2.24) is 5.32 Å². The lowest BCUT2D eigenvalue weighted by Gasteiger charge is -2.19. The first-order valence-electron chi connectivity index (χ1n) is 11.4. The number of hydrogen-bond donors (Lipinski definition) is 2. The van der Waals surface area contributed by atoms with Crippen molar-refractivity contribution in [2.75, 3.05) is 6.61 Å². The number of alkyl carbamates (subject to hydrolysis) is 1. The molecule has 0 heterocycles. The Bertz CT molecular complexity index is 1320. The summed E-state index contributed by atoms with van der Waals surface area (Å²) in [5, 5.41) is 14.3. The van der Waals surface area contributed by atoms with Crippen molar-refractivity contribution in [3.05, 3.63) is 108 Å². The van der Waals surface area contributed by atoms with Crippen molar-refractivity contribution in [3.8, 4) is 11.1 Å². The van der Waals surface area contributed by atoms with Crippen LogP contribution in [0.1, 0.15) is 29.0 Å². The smallest absolute Gasteiger partial charge is 0.407 e. The number of ether oxygens (including phenoxy) is 1. The lowest BCUT2D eigenvalue weighted by molar-refractivity contribution is -0.137. The van der Waals surface area contributed by atoms with Gasteiger partial charge in [-0.15, -0.1) is 0 Å². The normalized spacial score (nSPS) is 13.2. The van der Waals surface area contributed by atoms with Crippen molar-refractivity contribution >= 4 is 22.8 Å². The molecule has 0 saturated carbocycles. The van der Waals surface area contributed by atoms with Gasteiger partial charge in [-0.25, -0.2) is 4.79 Å². The Morgan fingerprint density at radius 2 is 1.44 bits per heavy atom. The average molecular weight is 452 g/mol. The van der Waals surface area contributed by atoms with Crippen LogP contribution in [-0.4, -0.2) is 29.8 Å². The van der Waals surface area contributed by atoms with E-state index in [1.807, 2.05) is 66.7 Å². The van der Waals surface area contributed by atoms with Gasteiger partial charge in [0.15, 0.2) is 0 Å². The third-order valence-electron chi connectivity index (χ3n) is 6.38. The first-order valence-corrected chi connectivity index (χ1v) is 11.4. The summed E-state index contributed by atoms with van der Waals surface area (Å²) in [5.74, 6) is -1.01. The van der Waals surface area contributed by atoms with Gasteiger partial charge in [-0.1, -0.05) is 91.0 Å². The fourth-order valence-electron chi connectivity index (χ4n) is 4.84. The second kappa shape index (κ2) is 9.40. The first-order chi connectivity index (χ1) is 16.6. The number of carboxylic acids is 1. The molecule has 0 aliphatic heterocycles. The van der Waals surface area contributed by atoms with E-state index in [2.05, 4.69) is 29.6 Å². The number of nitrogens with one attached hydrogen (secondary N) is 1. The van der Waals surface area contributed by atoms with Gasteiger partial charge in [0.05, 0.1) is 6.42 Å². The Balaban J connectivity index is 1.27. The molecule has 1 aliphatic rings. The molecular formula is C29H25NO4. The van der Waals surface area contributed by atoms with E-state index in [1.54, 1.807) is 0 Å². The molecule has 4 aromatic carbocycles. The number of fused-ring (bicyclic) bond motifs is 4. The van der Waals surface area contributed by atoms with Crippen LogP contribution >= 0.6 is 0 Å². The van der Waals surface area contributed by atoms with Crippen LogP contribution in [0.3, 0.4) is 0 Å². The van der Waals surface area contributed by atoms with Crippen LogP contribution in [0.4, 0.5) is 4.79 Å². The summed E-state index contributed by atoms with van der Waals surface area (Å²) in [6.45, 7) is 0.190. The van der Waals surface area contributed by atoms with Crippen LogP contribution in [0, 0.1) is 0 Å². The molecule has 5 rings (SSSR count). The number of carbonyl (C=O) groups is 2. The highest BCUT2D eigenvalue weighted by Crippen LogP contribution is 2.44. The largest absolute Gasteiger partial charge is 0.481 e. The van der Waals surface area contributed by atoms with Crippen molar-refractivity contribution in [2.24, 2.45) is 0 Å². The van der Waals surface area contributed by atoms with Gasteiger partial charge in [0.1, 0.15) is 6.61 Å². The Hall–Kier alpha value is -4.12. The van der Waals surface area contributed by atoms with Gasteiger partial charge in [-0.2, -0.15) is 0 Å². The van der Waals surface area contributed by atoms with Gasteiger partial charge >= 0.3 is 12.1 Å². The van der Waals surface area contributed by atoms with E-state index in [9.17, 15) is 14.7 Å². The van der Waals surface area contributed by atoms with E-state index in [4.69, 9.17) is 4.74 Å². The number of carbonyl (C=O) groups excluding carboxylic acids is 1. The fraction of sp³-hybridized carbons (Fsp3) is 0.172. The van der Waals surface area contributed by atoms with Gasteiger partial charge in [0, 0.05) is 12.0 Å². The highest BCUT2D eigenvalue weighted by Gasteiger charge is 2.29. The summed E-state index contributed by atoms with van der Waals surface area (Å²) in [7, 11) is 0. The molecule has 0 saturated heterocycles. The molecular weight excluding hydrogens is 426 g/mol. The second-order valence-electron chi connectivity index (χ2n) is 8.65. The number of carboxylic acid groups (broad SMARTS) is 1. The van der Waals surface area contributed by atoms with Gasteiger partial charge in [0.2, 0.25) is 0 Å². The highest BCUT2D eigenvalue weighted by molar-refractivity contribution is 5.83. The monoisotopic (exact) mass is 451 g/mol. The van der Waals surface area contributed by atoms with Crippen molar-refractivity contribution < 1.29 is 19.4 Å². The molecule has 5 nitrogen and oxygen atoms in total. The van der Waals surface area contributed by atoms with Crippen molar-refractivity contribution in [1.29, 1.82) is 0 Å². The maximum Gasteiger partial charge on any atom is 0.407 e. The van der Waals surface area contributed by atoms with Crippen molar-refractivity contribution in [3.63, 3.8) is 0 Å². The third-order valence-corrected chi connectivity index (χ3v) is 6.38. The lowest BCUT2D eigenvalue weighted by atomic mass is 9.98. The molecule has 0 fully saturated rings. The zero-order valence-electron chi connectivity index (χ0n) is 18.6. The van der Waals surface area contributed by atoms with Crippen LogP contribution in [0.5, 0.6) is 0 Å². The molecule has 0 aromatic heterocycles. The average Bonchev–Trinajstić information content (AvgIpc) is 3.16. The van der Waals surface area contributed by atoms with E-state index < -0.39 is 18.1 Å². The fourth-order valence-corrected chi connectivity index (χ4v) is 4.84. The molecule has 0 bridgehead atoms. The highest BCUT2D eigenvalue weighted by atomic mass is 16.5. The van der Waals surface area contributed by atoms with E-state index in [-0.39, 0.29) is 18.9 Å². The van der Waals surface area contributed by atoms with Crippen LogP contribution in [0.2, 0.25) is 0 Å². The van der Waals surface area contributed by atoms with E-state index in [0.29, 0.717) is 6.42 Å². The maximum absolute atomic E-state index is 12.7.